The van der Waals surface area contributed by atoms with E-state index in [0.29, 0.717) is 32.1 Å². The van der Waals surface area contributed by atoms with Gasteiger partial charge in [-0.25, -0.2) is 9.13 Å². The van der Waals surface area contributed by atoms with E-state index < -0.39 is 97.5 Å². The fraction of sp³-hybridized carbons (Fsp3) is 0.685. The number of hydrogen-bond donors (Lipinski definition) is 3. The molecule has 618 valence electrons. The van der Waals surface area contributed by atoms with E-state index in [9.17, 15) is 43.2 Å². The number of phosphoric acid groups is 2. The van der Waals surface area contributed by atoms with Gasteiger partial charge < -0.3 is 33.8 Å². The van der Waals surface area contributed by atoms with Crippen LogP contribution >= 0.6 is 15.6 Å². The fourth-order valence-corrected chi connectivity index (χ4v) is 12.4. The van der Waals surface area contributed by atoms with Gasteiger partial charge in [0, 0.05) is 25.7 Å². The van der Waals surface area contributed by atoms with Crippen molar-refractivity contribution in [3.05, 3.63) is 146 Å². The SMILES string of the molecule is CC/C=C\C/C=C\C/C=C\C/C=C\C/C=C\CCCCCC(=O)O[C@H](COC(=O)CCCCCCCCC/C=C\CCCCCC)COP(=O)(O)OC[C@H](O)COP(=O)(O)OC[C@@H](COC(=O)CC/C=C\C/C=C\C/C=C\C/C=C\C/C=C\CCCCC)OC(=O)CCCCCCC/C=C\CCCCCCCC. The van der Waals surface area contributed by atoms with Crippen LogP contribution in [0.4, 0.5) is 0 Å². The van der Waals surface area contributed by atoms with Gasteiger partial charge in [0.2, 0.25) is 0 Å². The molecule has 0 radical (unpaired) electrons. The number of ether oxygens (including phenoxy) is 4. The monoisotopic (exact) mass is 1550 g/mol. The fourth-order valence-electron chi connectivity index (χ4n) is 10.9. The highest BCUT2D eigenvalue weighted by Gasteiger charge is 2.30. The highest BCUT2D eigenvalue weighted by molar-refractivity contribution is 7.47. The molecule has 0 aromatic rings. The van der Waals surface area contributed by atoms with Crippen LogP contribution in [0.5, 0.6) is 0 Å². The number of allylic oxidation sites excluding steroid dienone is 24. The van der Waals surface area contributed by atoms with Crippen molar-refractivity contribution in [2.24, 2.45) is 0 Å². The van der Waals surface area contributed by atoms with E-state index in [-0.39, 0.29) is 25.7 Å². The van der Waals surface area contributed by atoms with Gasteiger partial charge in [-0.2, -0.15) is 0 Å². The van der Waals surface area contributed by atoms with Gasteiger partial charge in [-0.15, -0.1) is 0 Å². The summed E-state index contributed by atoms with van der Waals surface area (Å²) in [6, 6.07) is 0. The third-order valence-corrected chi connectivity index (χ3v) is 19.2. The van der Waals surface area contributed by atoms with Crippen LogP contribution in [0.2, 0.25) is 0 Å². The quantitative estimate of drug-likeness (QED) is 0.0169. The molecule has 0 saturated carbocycles. The standard InChI is InChI=1S/C89H150O17P2/c1-5-9-13-17-21-25-29-33-37-39-41-43-47-50-54-58-62-66-70-74-87(92)100-80-84(105-88(93)75-71-67-63-59-55-51-46-36-32-28-24-20-16-12-8-4)81-103-107(95,96)101-77-83(90)78-102-108(97,98)104-82-85(79-99-86(91)73-69-65-61-57-53-49-45-35-31-27-23-19-15-11-7-3)106-89(94)76-72-68-64-60-56-52-48-44-42-40-38-34-30-26-22-18-14-10-6-2/h10,14,21-22,25-27,31,33-34,36-38,41-44,46,50,52,54,56,62,66,83-85,90H,5-9,11-13,15-20,23-24,28-30,32,35,39-40,45,47-49,51,53,55,57-61,63-65,67-82H2,1-4H3,(H,95,96)(H,97,98)/b14-10-,25-21-,26-22-,31-27-,37-33-,38-34-,43-41-,44-42-,46-36-,54-50-,56-52-,66-62-/t83-,84-,85-/m1/s1. The maximum atomic E-state index is 13.1. The topological polar surface area (TPSA) is 237 Å². The Hall–Kier alpha value is -5.06. The lowest BCUT2D eigenvalue weighted by Gasteiger charge is -2.21. The molecule has 3 N–H and O–H groups in total. The van der Waals surface area contributed by atoms with Crippen LogP contribution in [-0.2, 0) is 65.4 Å². The van der Waals surface area contributed by atoms with Crippen LogP contribution in [0.15, 0.2) is 146 Å². The number of hydrogen-bond acceptors (Lipinski definition) is 15. The van der Waals surface area contributed by atoms with Gasteiger partial charge in [0.15, 0.2) is 12.2 Å². The molecule has 0 spiro atoms. The Bertz CT molecular complexity index is 2610. The lowest BCUT2D eigenvalue weighted by molar-refractivity contribution is -0.161. The lowest BCUT2D eigenvalue weighted by atomic mass is 10.1. The molecule has 0 bridgehead atoms. The maximum absolute atomic E-state index is 13.1. The van der Waals surface area contributed by atoms with Crippen molar-refractivity contribution in [1.82, 2.24) is 0 Å². The second-order valence-corrected chi connectivity index (χ2v) is 30.6. The first kappa shape index (κ1) is 103. The van der Waals surface area contributed by atoms with E-state index in [1.54, 1.807) is 0 Å². The third kappa shape index (κ3) is 79.0. The molecule has 0 aliphatic rings. The number of rotatable bonds is 78. The minimum Gasteiger partial charge on any atom is -0.462 e. The van der Waals surface area contributed by atoms with Gasteiger partial charge in [0.1, 0.15) is 19.3 Å². The van der Waals surface area contributed by atoms with Crippen LogP contribution in [0, 0.1) is 0 Å². The first-order chi connectivity index (χ1) is 52.7. The van der Waals surface area contributed by atoms with Crippen LogP contribution in [0.25, 0.3) is 0 Å². The van der Waals surface area contributed by atoms with Gasteiger partial charge in [-0.3, -0.25) is 37.3 Å². The van der Waals surface area contributed by atoms with E-state index in [1.165, 1.54) is 89.9 Å². The van der Waals surface area contributed by atoms with E-state index >= 15 is 0 Å². The van der Waals surface area contributed by atoms with Crippen molar-refractivity contribution in [3.8, 4) is 0 Å². The average molecular weight is 1550 g/mol. The molecule has 5 atom stereocenters. The van der Waals surface area contributed by atoms with Crippen molar-refractivity contribution in [3.63, 3.8) is 0 Å². The van der Waals surface area contributed by atoms with Crippen molar-refractivity contribution >= 4 is 39.5 Å². The van der Waals surface area contributed by atoms with Crippen LogP contribution < -0.4 is 0 Å². The third-order valence-electron chi connectivity index (χ3n) is 17.3. The summed E-state index contributed by atoms with van der Waals surface area (Å²) in [7, 11) is -10.0. The first-order valence-corrected chi connectivity index (χ1v) is 45.1. The van der Waals surface area contributed by atoms with Crippen molar-refractivity contribution < 1.29 is 80.2 Å². The molecule has 0 rings (SSSR count). The minimum atomic E-state index is -5.00. The Kier molecular flexibility index (Phi) is 76.3. The Balaban J connectivity index is 5.48. The largest absolute Gasteiger partial charge is 0.472 e. The molecule has 0 amide bonds. The maximum Gasteiger partial charge on any atom is 0.472 e. The van der Waals surface area contributed by atoms with Crippen molar-refractivity contribution in [2.75, 3.05) is 39.6 Å². The highest BCUT2D eigenvalue weighted by atomic mass is 31.2. The Morgan fingerprint density at radius 2 is 0.500 bits per heavy atom. The molecule has 0 aromatic carbocycles. The summed E-state index contributed by atoms with van der Waals surface area (Å²) in [4.78, 5) is 73.1. The van der Waals surface area contributed by atoms with Gasteiger partial charge in [-0.1, -0.05) is 296 Å². The predicted octanol–water partition coefficient (Wildman–Crippen LogP) is 25.0. The first-order valence-electron chi connectivity index (χ1n) is 42.1. The number of phosphoric ester groups is 2. The summed E-state index contributed by atoms with van der Waals surface area (Å²) in [5, 5.41) is 10.7. The van der Waals surface area contributed by atoms with Gasteiger partial charge in [-0.05, 0) is 161 Å². The smallest absolute Gasteiger partial charge is 0.462 e. The summed E-state index contributed by atoms with van der Waals surface area (Å²) in [5.41, 5.74) is 0. The van der Waals surface area contributed by atoms with Gasteiger partial charge >= 0.3 is 39.5 Å². The number of carbonyl (C=O) groups is 4. The van der Waals surface area contributed by atoms with Crippen LogP contribution in [0.3, 0.4) is 0 Å². The number of unbranched alkanes of at least 4 members (excludes halogenated alkanes) is 28. The molecule has 0 fully saturated rings. The van der Waals surface area contributed by atoms with Crippen molar-refractivity contribution in [2.45, 2.75) is 354 Å². The van der Waals surface area contributed by atoms with Crippen LogP contribution in [0.1, 0.15) is 336 Å². The normalized spacial score (nSPS) is 14.5. The summed E-state index contributed by atoms with van der Waals surface area (Å²) in [6.07, 6.45) is 92.5. The lowest BCUT2D eigenvalue weighted by Crippen LogP contribution is -2.30. The molecule has 0 saturated heterocycles. The Labute approximate surface area is 656 Å². The van der Waals surface area contributed by atoms with E-state index in [0.717, 1.165) is 161 Å². The van der Waals surface area contributed by atoms with E-state index in [2.05, 4.69) is 161 Å². The summed E-state index contributed by atoms with van der Waals surface area (Å²) in [5.74, 6) is -2.32. The molecule has 0 aliphatic carbocycles. The van der Waals surface area contributed by atoms with Gasteiger partial charge in [0.05, 0.1) is 26.4 Å². The summed E-state index contributed by atoms with van der Waals surface area (Å²) >= 11 is 0. The zero-order chi connectivity index (χ0) is 78.9. The number of esters is 4. The number of carbonyl (C=O) groups excluding carboxylic acids is 4. The summed E-state index contributed by atoms with van der Waals surface area (Å²) in [6.45, 7) is 4.60. The van der Waals surface area contributed by atoms with E-state index in [4.69, 9.17) is 37.0 Å². The second-order valence-electron chi connectivity index (χ2n) is 27.7. The molecule has 0 aromatic heterocycles. The Morgan fingerprint density at radius 1 is 0.269 bits per heavy atom. The average Bonchev–Trinajstić information content (AvgIpc) is 0.899. The summed E-state index contributed by atoms with van der Waals surface area (Å²) < 4.78 is 68.6. The molecule has 0 aliphatic heterocycles. The number of aliphatic hydroxyl groups is 1. The van der Waals surface area contributed by atoms with Gasteiger partial charge in [0.25, 0.3) is 0 Å². The zero-order valence-electron chi connectivity index (χ0n) is 67.7. The second kappa shape index (κ2) is 80.0. The molecule has 19 heteroatoms. The minimum absolute atomic E-state index is 0.0330. The van der Waals surface area contributed by atoms with Crippen molar-refractivity contribution in [1.29, 1.82) is 0 Å². The van der Waals surface area contributed by atoms with E-state index in [1.807, 2.05) is 12.2 Å². The zero-order valence-corrected chi connectivity index (χ0v) is 69.5. The Morgan fingerprint density at radius 3 is 0.843 bits per heavy atom. The molecule has 108 heavy (non-hydrogen) atoms. The van der Waals surface area contributed by atoms with Crippen LogP contribution in [-0.4, -0.2) is 96.7 Å². The number of aliphatic hydroxyl groups excluding tert-OH is 1. The predicted molar refractivity (Wildman–Crippen MR) is 445 cm³/mol. The highest BCUT2D eigenvalue weighted by Crippen LogP contribution is 2.45. The molecular formula is C89H150O17P2. The molecule has 17 nitrogen and oxygen atoms in total. The molecule has 0 heterocycles. The molecule has 2 unspecified atom stereocenters. The molecular weight excluding hydrogens is 1400 g/mol.